The Labute approximate surface area is 133 Å². The Bertz CT molecular complexity index is 709. The van der Waals surface area contributed by atoms with E-state index < -0.39 is 0 Å². The molecular weight excluding hydrogens is 298 g/mol. The van der Waals surface area contributed by atoms with Crippen molar-refractivity contribution in [2.75, 3.05) is 20.3 Å². The van der Waals surface area contributed by atoms with Crippen molar-refractivity contribution >= 4 is 16.3 Å². The first-order chi connectivity index (χ1) is 10.8. The highest BCUT2D eigenvalue weighted by molar-refractivity contribution is 7.15. The van der Waals surface area contributed by atoms with Crippen LogP contribution in [0.4, 0.5) is 0 Å². The van der Waals surface area contributed by atoms with Crippen LogP contribution in [-0.4, -0.2) is 39.7 Å². The Hall–Kier alpha value is -1.89. The molecule has 0 unspecified atom stereocenters. The lowest BCUT2D eigenvalue weighted by atomic mass is 10.2. The van der Waals surface area contributed by atoms with E-state index >= 15 is 0 Å². The summed E-state index contributed by atoms with van der Waals surface area (Å²) < 4.78 is 7.43. The van der Waals surface area contributed by atoms with E-state index in [9.17, 15) is 5.11 Å². The minimum absolute atomic E-state index is 0.122. The highest BCUT2D eigenvalue weighted by atomic mass is 32.1. The second-order valence-electron chi connectivity index (χ2n) is 5.07. The van der Waals surface area contributed by atoms with E-state index in [-0.39, 0.29) is 6.61 Å². The van der Waals surface area contributed by atoms with Gasteiger partial charge in [0.15, 0.2) is 4.96 Å². The number of aliphatic hydroxyl groups excluding tert-OH is 1. The van der Waals surface area contributed by atoms with Crippen molar-refractivity contribution in [3.8, 4) is 5.75 Å². The van der Waals surface area contributed by atoms with Gasteiger partial charge in [-0.25, -0.2) is 4.98 Å². The highest BCUT2D eigenvalue weighted by Gasteiger charge is 2.12. The minimum atomic E-state index is 0.122. The standard InChI is InChI=1S/C16H19N3O2S/c1-21-15-5-3-2-4-13(15)10-18(6-8-20)11-14-12-19-7-9-22-16(19)17-14/h2-5,7,9,12,20H,6,8,10-11H2,1H3. The molecule has 1 N–H and O–H groups in total. The summed E-state index contributed by atoms with van der Waals surface area (Å²) >= 11 is 1.62. The van der Waals surface area contributed by atoms with Gasteiger partial charge in [-0.15, -0.1) is 11.3 Å². The molecule has 2 aromatic heterocycles. The van der Waals surface area contributed by atoms with Gasteiger partial charge < -0.3 is 9.84 Å². The number of aliphatic hydroxyl groups is 1. The fourth-order valence-electron chi connectivity index (χ4n) is 2.51. The molecule has 0 saturated carbocycles. The number of thiazole rings is 1. The maximum absolute atomic E-state index is 9.32. The van der Waals surface area contributed by atoms with Crippen LogP contribution in [0.2, 0.25) is 0 Å². The van der Waals surface area contributed by atoms with Gasteiger partial charge in [0.1, 0.15) is 5.75 Å². The van der Waals surface area contributed by atoms with E-state index in [1.54, 1.807) is 18.4 Å². The fourth-order valence-corrected chi connectivity index (χ4v) is 3.23. The monoisotopic (exact) mass is 317 g/mol. The summed E-state index contributed by atoms with van der Waals surface area (Å²) in [5.74, 6) is 0.872. The molecule has 0 spiro atoms. The molecule has 116 valence electrons. The molecule has 2 heterocycles. The number of nitrogens with zero attached hydrogens (tertiary/aromatic N) is 3. The van der Waals surface area contributed by atoms with Crippen molar-refractivity contribution in [2.24, 2.45) is 0 Å². The quantitative estimate of drug-likeness (QED) is 0.727. The number of imidazole rings is 1. The van der Waals surface area contributed by atoms with Crippen molar-refractivity contribution in [1.82, 2.24) is 14.3 Å². The van der Waals surface area contributed by atoms with Crippen molar-refractivity contribution in [3.63, 3.8) is 0 Å². The summed E-state index contributed by atoms with van der Waals surface area (Å²) in [5, 5.41) is 11.3. The van der Waals surface area contributed by atoms with Crippen LogP contribution >= 0.6 is 11.3 Å². The molecule has 0 bridgehead atoms. The van der Waals surface area contributed by atoms with Crippen LogP contribution in [0.3, 0.4) is 0 Å². The number of aromatic nitrogens is 2. The summed E-state index contributed by atoms with van der Waals surface area (Å²) in [6, 6.07) is 7.97. The number of hydrogen-bond donors (Lipinski definition) is 1. The summed E-state index contributed by atoms with van der Waals surface area (Å²) in [5.41, 5.74) is 2.12. The van der Waals surface area contributed by atoms with Crippen molar-refractivity contribution in [2.45, 2.75) is 13.1 Å². The first kappa shape index (κ1) is 15.0. The first-order valence-electron chi connectivity index (χ1n) is 7.16. The van der Waals surface area contributed by atoms with E-state index in [0.29, 0.717) is 13.1 Å². The fraction of sp³-hybridized carbons (Fsp3) is 0.312. The van der Waals surface area contributed by atoms with Gasteiger partial charge in [-0.1, -0.05) is 18.2 Å². The molecule has 3 rings (SSSR count). The molecule has 0 atom stereocenters. The van der Waals surface area contributed by atoms with Crippen LogP contribution in [0.25, 0.3) is 4.96 Å². The number of methoxy groups -OCH3 is 1. The minimum Gasteiger partial charge on any atom is -0.496 e. The number of para-hydroxylation sites is 1. The van der Waals surface area contributed by atoms with E-state index in [0.717, 1.165) is 28.5 Å². The lowest BCUT2D eigenvalue weighted by Crippen LogP contribution is -2.26. The molecule has 3 aromatic rings. The van der Waals surface area contributed by atoms with Gasteiger partial charge in [0.2, 0.25) is 0 Å². The Morgan fingerprint density at radius 2 is 2.18 bits per heavy atom. The van der Waals surface area contributed by atoms with E-state index in [2.05, 4.69) is 16.0 Å². The molecule has 5 nitrogen and oxygen atoms in total. The first-order valence-corrected chi connectivity index (χ1v) is 8.04. The zero-order valence-electron chi connectivity index (χ0n) is 12.5. The number of ether oxygens (including phenoxy) is 1. The SMILES string of the molecule is COc1ccccc1CN(CCO)Cc1cn2ccsc2n1. The summed E-state index contributed by atoms with van der Waals surface area (Å²) in [7, 11) is 1.68. The van der Waals surface area contributed by atoms with Crippen molar-refractivity contribution < 1.29 is 9.84 Å². The van der Waals surface area contributed by atoms with Gasteiger partial charge in [0, 0.05) is 43.0 Å². The summed E-state index contributed by atoms with van der Waals surface area (Å²) in [6.45, 7) is 2.14. The molecule has 1 aromatic carbocycles. The second-order valence-corrected chi connectivity index (χ2v) is 5.94. The van der Waals surface area contributed by atoms with Gasteiger partial charge in [0.25, 0.3) is 0 Å². The van der Waals surface area contributed by atoms with Crippen molar-refractivity contribution in [1.29, 1.82) is 0 Å². The summed E-state index contributed by atoms with van der Waals surface area (Å²) in [6.07, 6.45) is 4.05. The summed E-state index contributed by atoms with van der Waals surface area (Å²) in [4.78, 5) is 7.77. The highest BCUT2D eigenvalue weighted by Crippen LogP contribution is 2.20. The van der Waals surface area contributed by atoms with Crippen LogP contribution in [0.1, 0.15) is 11.3 Å². The zero-order valence-corrected chi connectivity index (χ0v) is 13.3. The molecule has 0 aliphatic heterocycles. The van der Waals surface area contributed by atoms with E-state index in [1.165, 1.54) is 0 Å². The topological polar surface area (TPSA) is 50.0 Å². The molecule has 0 saturated heterocycles. The third-order valence-electron chi connectivity index (χ3n) is 3.53. The Morgan fingerprint density at radius 3 is 2.95 bits per heavy atom. The number of fused-ring (bicyclic) bond motifs is 1. The van der Waals surface area contributed by atoms with Crippen LogP contribution < -0.4 is 4.74 Å². The molecule has 0 fully saturated rings. The van der Waals surface area contributed by atoms with Crippen LogP contribution in [0.5, 0.6) is 5.75 Å². The van der Waals surface area contributed by atoms with Crippen LogP contribution in [0.15, 0.2) is 42.0 Å². The van der Waals surface area contributed by atoms with Gasteiger partial charge in [0.05, 0.1) is 19.4 Å². The Morgan fingerprint density at radius 1 is 1.32 bits per heavy atom. The van der Waals surface area contributed by atoms with Crippen LogP contribution in [0, 0.1) is 0 Å². The molecule has 0 radical (unpaired) electrons. The lowest BCUT2D eigenvalue weighted by Gasteiger charge is -2.21. The zero-order chi connectivity index (χ0) is 15.4. The van der Waals surface area contributed by atoms with Gasteiger partial charge in [-0.2, -0.15) is 0 Å². The molecule has 6 heteroatoms. The predicted octanol–water partition coefficient (Wildman–Crippen LogP) is 2.40. The molecule has 0 aliphatic rings. The lowest BCUT2D eigenvalue weighted by molar-refractivity contribution is 0.181. The second kappa shape index (κ2) is 6.91. The number of rotatable bonds is 7. The number of hydrogen-bond acceptors (Lipinski definition) is 5. The predicted molar refractivity (Wildman–Crippen MR) is 87.3 cm³/mol. The average Bonchev–Trinajstić information content (AvgIpc) is 3.09. The Balaban J connectivity index is 1.75. The smallest absolute Gasteiger partial charge is 0.193 e. The van der Waals surface area contributed by atoms with Crippen molar-refractivity contribution in [3.05, 3.63) is 53.3 Å². The molecule has 22 heavy (non-hydrogen) atoms. The number of benzene rings is 1. The molecule has 0 amide bonds. The van der Waals surface area contributed by atoms with E-state index in [1.807, 2.05) is 40.4 Å². The van der Waals surface area contributed by atoms with Gasteiger partial charge >= 0.3 is 0 Å². The normalized spacial score (nSPS) is 11.4. The molecule has 0 aliphatic carbocycles. The Kier molecular flexibility index (Phi) is 4.72. The van der Waals surface area contributed by atoms with E-state index in [4.69, 9.17) is 4.74 Å². The maximum Gasteiger partial charge on any atom is 0.193 e. The maximum atomic E-state index is 9.32. The third kappa shape index (κ3) is 3.30. The largest absolute Gasteiger partial charge is 0.496 e. The van der Waals surface area contributed by atoms with Crippen LogP contribution in [-0.2, 0) is 13.1 Å². The average molecular weight is 317 g/mol. The van der Waals surface area contributed by atoms with Gasteiger partial charge in [-0.3, -0.25) is 9.30 Å². The van der Waals surface area contributed by atoms with Gasteiger partial charge in [-0.05, 0) is 6.07 Å². The third-order valence-corrected chi connectivity index (χ3v) is 4.30. The molecular formula is C16H19N3O2S.